The fraction of sp³-hybridized carbons (Fsp3) is 0.426. The largest absolute Gasteiger partial charge is 0.508 e. The minimum atomic E-state index is -1.62. The Bertz CT molecular complexity index is 2340. The van der Waals surface area contributed by atoms with Crippen molar-refractivity contribution in [3.63, 3.8) is 0 Å². The molecule has 2 aliphatic rings. The number of aromatic amines is 1. The highest BCUT2D eigenvalue weighted by atomic mass is 16.6. The number of nitrogens with one attached hydrogen (secondary N) is 6. The topological polar surface area (TPSA) is 278 Å². The molecule has 0 unspecified atom stereocenters. The number of phenols is 2. The molecule has 9 N–H and O–H groups in total. The van der Waals surface area contributed by atoms with Gasteiger partial charge in [-0.25, -0.2) is 4.79 Å². The van der Waals surface area contributed by atoms with Gasteiger partial charge in [0.15, 0.2) is 12.1 Å². The zero-order valence-corrected chi connectivity index (χ0v) is 36.2. The molecule has 4 aromatic rings. The number of aromatic nitrogens is 1. The first-order valence-electron chi connectivity index (χ1n) is 21.9. The molecule has 2 saturated heterocycles. The highest BCUT2D eigenvalue weighted by Crippen LogP contribution is 2.29. The van der Waals surface area contributed by atoms with Gasteiger partial charge in [-0.1, -0.05) is 81.5 Å². The van der Waals surface area contributed by atoms with Crippen LogP contribution in [0.4, 0.5) is 0 Å². The highest BCUT2D eigenvalue weighted by molar-refractivity contribution is 5.98. The number of fused-ring (bicyclic) bond motifs is 1. The van der Waals surface area contributed by atoms with Crippen LogP contribution in [0, 0.1) is 0 Å². The molecule has 0 radical (unpaired) electrons. The third-order valence-corrected chi connectivity index (χ3v) is 11.5. The van der Waals surface area contributed by atoms with E-state index in [0.29, 0.717) is 28.5 Å². The molecule has 18 nitrogen and oxygen atoms in total. The van der Waals surface area contributed by atoms with Crippen molar-refractivity contribution in [2.75, 3.05) is 0 Å². The van der Waals surface area contributed by atoms with Crippen molar-refractivity contribution < 1.29 is 58.4 Å². The lowest BCUT2D eigenvalue weighted by Gasteiger charge is -2.30. The number of unbranched alkanes of at least 4 members (excludes halogenated alkanes) is 4. The number of benzene rings is 3. The molecule has 0 saturated carbocycles. The molecule has 0 spiro atoms. The van der Waals surface area contributed by atoms with Gasteiger partial charge in [0.05, 0.1) is 6.10 Å². The van der Waals surface area contributed by atoms with E-state index in [1.807, 2.05) is 0 Å². The summed E-state index contributed by atoms with van der Waals surface area (Å²) in [6, 6.07) is 10.8. The number of hydrogen-bond donors (Lipinski definition) is 9. The van der Waals surface area contributed by atoms with Crippen LogP contribution in [-0.2, 0) is 55.9 Å². The summed E-state index contributed by atoms with van der Waals surface area (Å²) in [5, 5.41) is 43.7. The molecule has 2 fully saturated rings. The van der Waals surface area contributed by atoms with Crippen LogP contribution in [0.3, 0.4) is 0 Å². The second-order valence-electron chi connectivity index (χ2n) is 16.5. The standard InChI is InChI=1S/C47H56N6O12/c1-3-4-5-6-10-13-37-41(65-37)46(62)52-39-26(2)64-47(63)40(28-14-16-30(54)17-15-28)53-44(60)36(23-29-25-48-33-19-18-31(55)24-32(29)33)50-42(58)34(20-21-38(56)57)49-43(59)35(51-45(39)61)22-27-11-8-7-9-12-27/h7-9,11-12,14-19,24-26,34-37,39-41,48,54-55H,3-6,10,13,20-23H2,1-2H3,(H,49,59)(H,50,58)(H,51,61)(H,52,62)(H,53,60)(H,56,57)/t26-,34+,35+,36+,37-,39+,40-,41-/m0/s1. The monoisotopic (exact) mass is 896 g/mol. The van der Waals surface area contributed by atoms with Gasteiger partial charge < -0.3 is 56.4 Å². The summed E-state index contributed by atoms with van der Waals surface area (Å²) in [5.41, 5.74) is 1.81. The van der Waals surface area contributed by atoms with Gasteiger partial charge in [-0.2, -0.15) is 0 Å². The summed E-state index contributed by atoms with van der Waals surface area (Å²) in [4.78, 5) is 100. The highest BCUT2D eigenvalue weighted by Gasteiger charge is 2.46. The summed E-state index contributed by atoms with van der Waals surface area (Å²) in [5.74, 6) is -6.90. The number of esters is 1. The molecule has 346 valence electrons. The Balaban J connectivity index is 1.38. The molecular weight excluding hydrogens is 841 g/mol. The van der Waals surface area contributed by atoms with Crippen LogP contribution < -0.4 is 26.6 Å². The van der Waals surface area contributed by atoms with E-state index < -0.39 is 96.7 Å². The summed E-state index contributed by atoms with van der Waals surface area (Å²) >= 11 is 0. The van der Waals surface area contributed by atoms with Gasteiger partial charge in [0.1, 0.15) is 41.8 Å². The van der Waals surface area contributed by atoms with Crippen LogP contribution in [0.25, 0.3) is 10.9 Å². The quantitative estimate of drug-likeness (QED) is 0.0446. The van der Waals surface area contributed by atoms with Crippen molar-refractivity contribution in [2.45, 2.75) is 127 Å². The first-order valence-corrected chi connectivity index (χ1v) is 21.9. The van der Waals surface area contributed by atoms with Gasteiger partial charge >= 0.3 is 11.9 Å². The number of carboxylic acids is 1. The van der Waals surface area contributed by atoms with E-state index in [4.69, 9.17) is 9.47 Å². The molecule has 0 bridgehead atoms. The van der Waals surface area contributed by atoms with Crippen LogP contribution in [-0.4, -0.2) is 104 Å². The number of carbonyl (C=O) groups excluding carboxylic acids is 6. The van der Waals surface area contributed by atoms with Crippen molar-refractivity contribution >= 4 is 52.4 Å². The molecule has 3 aromatic carbocycles. The van der Waals surface area contributed by atoms with Gasteiger partial charge in [0, 0.05) is 36.4 Å². The van der Waals surface area contributed by atoms with Crippen molar-refractivity contribution in [1.82, 2.24) is 31.6 Å². The number of hydrogen-bond acceptors (Lipinski definition) is 11. The van der Waals surface area contributed by atoms with Crippen molar-refractivity contribution in [3.05, 3.63) is 95.7 Å². The number of ether oxygens (including phenoxy) is 2. The Morgan fingerprint density at radius 3 is 2.09 bits per heavy atom. The molecule has 1 aromatic heterocycles. The Hall–Kier alpha value is -6.95. The van der Waals surface area contributed by atoms with E-state index in [2.05, 4.69) is 38.5 Å². The first kappa shape index (κ1) is 47.5. The van der Waals surface area contributed by atoms with Gasteiger partial charge in [-0.05, 0) is 66.8 Å². The zero-order chi connectivity index (χ0) is 46.6. The predicted molar refractivity (Wildman–Crippen MR) is 235 cm³/mol. The second-order valence-corrected chi connectivity index (χ2v) is 16.5. The first-order chi connectivity index (χ1) is 31.2. The van der Waals surface area contributed by atoms with Crippen molar-refractivity contribution in [3.8, 4) is 11.5 Å². The molecule has 18 heteroatoms. The molecule has 2 aliphatic heterocycles. The fourth-order valence-electron chi connectivity index (χ4n) is 7.85. The number of phenolic OH excluding ortho intramolecular Hbond substituents is 2. The van der Waals surface area contributed by atoms with Gasteiger partial charge in [0.25, 0.3) is 5.91 Å². The molecule has 3 heterocycles. The number of rotatable bonds is 16. The van der Waals surface area contributed by atoms with Crippen LogP contribution in [0.15, 0.2) is 79.0 Å². The maximum atomic E-state index is 14.5. The summed E-state index contributed by atoms with van der Waals surface area (Å²) in [6.07, 6.45) is 3.20. The minimum Gasteiger partial charge on any atom is -0.508 e. The predicted octanol–water partition coefficient (Wildman–Crippen LogP) is 3.10. The lowest BCUT2D eigenvalue weighted by atomic mass is 10.0. The van der Waals surface area contributed by atoms with Crippen molar-refractivity contribution in [1.29, 1.82) is 0 Å². The molecule has 0 aliphatic carbocycles. The molecular formula is C47H56N6O12. The lowest BCUT2D eigenvalue weighted by Crippen LogP contribution is -2.61. The number of aliphatic carboxylic acids is 1. The smallest absolute Gasteiger partial charge is 0.333 e. The van der Waals surface area contributed by atoms with E-state index in [0.717, 1.165) is 32.1 Å². The van der Waals surface area contributed by atoms with Gasteiger partial charge in [0.2, 0.25) is 23.6 Å². The summed E-state index contributed by atoms with van der Waals surface area (Å²) < 4.78 is 11.6. The number of cyclic esters (lactones) is 1. The average Bonchev–Trinajstić information content (AvgIpc) is 3.96. The normalized spacial score (nSPS) is 24.2. The third-order valence-electron chi connectivity index (χ3n) is 11.5. The van der Waals surface area contributed by atoms with E-state index in [-0.39, 0.29) is 36.0 Å². The zero-order valence-electron chi connectivity index (χ0n) is 36.2. The number of aromatic hydroxyl groups is 2. The number of amides is 5. The Kier molecular flexibility index (Phi) is 16.2. The van der Waals surface area contributed by atoms with Crippen LogP contribution >= 0.6 is 0 Å². The van der Waals surface area contributed by atoms with Crippen LogP contribution in [0.1, 0.15) is 87.9 Å². The lowest BCUT2D eigenvalue weighted by molar-refractivity contribution is -0.156. The maximum Gasteiger partial charge on any atom is 0.333 e. The third kappa shape index (κ3) is 13.1. The van der Waals surface area contributed by atoms with Crippen molar-refractivity contribution in [2.24, 2.45) is 0 Å². The Labute approximate surface area is 375 Å². The number of carbonyl (C=O) groups is 7. The van der Waals surface area contributed by atoms with Crippen LogP contribution in [0.2, 0.25) is 0 Å². The minimum absolute atomic E-state index is 0.0699. The molecule has 5 amide bonds. The van der Waals surface area contributed by atoms with E-state index in [1.165, 1.54) is 43.3 Å². The second kappa shape index (κ2) is 22.1. The van der Waals surface area contributed by atoms with Gasteiger partial charge in [-0.3, -0.25) is 28.8 Å². The van der Waals surface area contributed by atoms with E-state index >= 15 is 0 Å². The SMILES string of the molecule is CCCCCCC[C@@H]1O[C@@H]1C(=O)N[C@H]1C(=O)N[C@H](Cc2ccccc2)C(=O)N[C@H](CCC(=O)O)C(=O)N[C@H](Cc2c[nH]c3ccc(O)cc23)C(=O)N[C@@H](c2ccc(O)cc2)C(=O)O[C@H]1C. The molecule has 65 heavy (non-hydrogen) atoms. The Morgan fingerprint density at radius 2 is 1.37 bits per heavy atom. The number of carboxylic acid groups (broad SMARTS) is 1. The number of H-pyrrole nitrogens is 1. The van der Waals surface area contributed by atoms with Crippen LogP contribution in [0.5, 0.6) is 11.5 Å². The molecule has 8 atom stereocenters. The van der Waals surface area contributed by atoms with Gasteiger partial charge in [-0.15, -0.1) is 0 Å². The maximum absolute atomic E-state index is 14.5. The Morgan fingerprint density at radius 1 is 0.723 bits per heavy atom. The van der Waals surface area contributed by atoms with E-state index in [1.54, 1.807) is 42.6 Å². The summed E-state index contributed by atoms with van der Waals surface area (Å²) in [7, 11) is 0. The fourth-order valence-corrected chi connectivity index (χ4v) is 7.85. The van der Waals surface area contributed by atoms with E-state index in [9.17, 15) is 48.9 Å². The average molecular weight is 897 g/mol. The summed E-state index contributed by atoms with van der Waals surface area (Å²) in [6.45, 7) is 3.48. The number of epoxide rings is 1. The molecule has 6 rings (SSSR count).